The smallest absolute Gasteiger partial charge is 0.252 e. The molecule has 2 aromatic heterocycles. The molecule has 144 valence electrons. The van der Waals surface area contributed by atoms with Crippen molar-refractivity contribution in [1.82, 2.24) is 10.3 Å². The molecule has 1 aliphatic rings. The van der Waals surface area contributed by atoms with E-state index in [0.29, 0.717) is 40.2 Å². The largest absolute Gasteiger partial charge is 0.454 e. The number of benzene rings is 2. The van der Waals surface area contributed by atoms with Gasteiger partial charge in [0.05, 0.1) is 21.7 Å². The Morgan fingerprint density at radius 1 is 1.10 bits per heavy atom. The first-order chi connectivity index (χ1) is 14.2. The molecule has 2 aromatic carbocycles. The highest BCUT2D eigenvalue weighted by molar-refractivity contribution is 7.13. The van der Waals surface area contributed by atoms with Crippen LogP contribution < -0.4 is 14.8 Å². The number of amides is 1. The minimum atomic E-state index is -0.409. The predicted octanol–water partition coefficient (Wildman–Crippen LogP) is 4.76. The van der Waals surface area contributed by atoms with Crippen molar-refractivity contribution < 1.29 is 18.7 Å². The third-order valence-corrected chi connectivity index (χ3v) is 5.57. The molecule has 5 rings (SSSR count). The van der Waals surface area contributed by atoms with Gasteiger partial charge in [-0.3, -0.25) is 4.79 Å². The summed E-state index contributed by atoms with van der Waals surface area (Å²) in [6.45, 7) is 0.508. The summed E-state index contributed by atoms with van der Waals surface area (Å²) in [6, 6.07) is 15.4. The zero-order valence-electron chi connectivity index (χ0n) is 15.1. The fourth-order valence-corrected chi connectivity index (χ4v) is 3.95. The number of ether oxygens (including phenoxy) is 2. The zero-order valence-corrected chi connectivity index (χ0v) is 16.0. The first kappa shape index (κ1) is 17.6. The number of pyridine rings is 1. The zero-order chi connectivity index (χ0) is 19.8. The van der Waals surface area contributed by atoms with Crippen LogP contribution in [-0.2, 0) is 6.54 Å². The van der Waals surface area contributed by atoms with Gasteiger partial charge in [-0.25, -0.2) is 9.37 Å². The second-order valence-corrected chi connectivity index (χ2v) is 7.51. The standard InChI is InChI=1S/C22H15FN2O3S/c23-14-4-5-17-15(9-14)16(10-18(25-17)21-2-1-7-29-21)22(26)24-11-13-3-6-19-20(8-13)28-12-27-19/h1-10H,11-12H2,(H,24,26). The molecule has 1 N–H and O–H groups in total. The normalized spacial score (nSPS) is 12.3. The van der Waals surface area contributed by atoms with Crippen LogP contribution >= 0.6 is 11.3 Å². The van der Waals surface area contributed by atoms with Crippen LogP contribution in [0, 0.1) is 5.82 Å². The van der Waals surface area contributed by atoms with Crippen molar-refractivity contribution in [3.8, 4) is 22.1 Å². The molecule has 3 heterocycles. The molecule has 0 unspecified atom stereocenters. The lowest BCUT2D eigenvalue weighted by Crippen LogP contribution is -2.23. The van der Waals surface area contributed by atoms with E-state index in [1.807, 2.05) is 35.7 Å². The van der Waals surface area contributed by atoms with Gasteiger partial charge in [0.25, 0.3) is 5.91 Å². The molecule has 0 saturated carbocycles. The Labute approximate surface area is 169 Å². The molecule has 29 heavy (non-hydrogen) atoms. The maximum Gasteiger partial charge on any atom is 0.252 e. The lowest BCUT2D eigenvalue weighted by molar-refractivity contribution is 0.0952. The number of hydrogen-bond acceptors (Lipinski definition) is 5. The number of carbonyl (C=O) groups is 1. The topological polar surface area (TPSA) is 60.5 Å². The Morgan fingerprint density at radius 2 is 2.00 bits per heavy atom. The lowest BCUT2D eigenvalue weighted by Gasteiger charge is -2.11. The van der Waals surface area contributed by atoms with Gasteiger partial charge in [0, 0.05) is 11.9 Å². The molecule has 0 atom stereocenters. The van der Waals surface area contributed by atoms with Crippen molar-refractivity contribution in [2.24, 2.45) is 0 Å². The Bertz CT molecular complexity index is 1220. The number of hydrogen-bond donors (Lipinski definition) is 1. The summed E-state index contributed by atoms with van der Waals surface area (Å²) < 4.78 is 24.5. The maximum absolute atomic E-state index is 13.8. The Balaban J connectivity index is 1.47. The number of nitrogens with zero attached hydrogens (tertiary/aromatic N) is 1. The second kappa shape index (κ2) is 7.18. The van der Waals surface area contributed by atoms with E-state index in [9.17, 15) is 9.18 Å². The van der Waals surface area contributed by atoms with Gasteiger partial charge in [0.1, 0.15) is 5.82 Å². The quantitative estimate of drug-likeness (QED) is 0.531. The first-order valence-electron chi connectivity index (χ1n) is 8.98. The van der Waals surface area contributed by atoms with Crippen LogP contribution in [0.15, 0.2) is 60.0 Å². The minimum Gasteiger partial charge on any atom is -0.454 e. The fourth-order valence-electron chi connectivity index (χ4n) is 3.26. The summed E-state index contributed by atoms with van der Waals surface area (Å²) in [5.41, 5.74) is 2.53. The van der Waals surface area contributed by atoms with Crippen LogP contribution in [-0.4, -0.2) is 17.7 Å². The predicted molar refractivity (Wildman–Crippen MR) is 109 cm³/mol. The molecule has 0 spiro atoms. The molecule has 4 aromatic rings. The average molecular weight is 406 g/mol. The highest BCUT2D eigenvalue weighted by Gasteiger charge is 2.17. The lowest BCUT2D eigenvalue weighted by atomic mass is 10.1. The monoisotopic (exact) mass is 406 g/mol. The Kier molecular flexibility index (Phi) is 4.37. The molecule has 0 saturated heterocycles. The number of thiophene rings is 1. The molecule has 5 nitrogen and oxygen atoms in total. The van der Waals surface area contributed by atoms with E-state index in [2.05, 4.69) is 10.3 Å². The summed E-state index contributed by atoms with van der Waals surface area (Å²) in [7, 11) is 0. The van der Waals surface area contributed by atoms with Gasteiger partial charge in [-0.05, 0) is 53.4 Å². The van der Waals surface area contributed by atoms with E-state index < -0.39 is 5.82 Å². The van der Waals surface area contributed by atoms with E-state index in [4.69, 9.17) is 9.47 Å². The van der Waals surface area contributed by atoms with Crippen LogP contribution in [0.5, 0.6) is 11.5 Å². The first-order valence-corrected chi connectivity index (χ1v) is 9.86. The summed E-state index contributed by atoms with van der Waals surface area (Å²) in [5, 5.41) is 5.34. The Morgan fingerprint density at radius 3 is 2.86 bits per heavy atom. The number of nitrogens with one attached hydrogen (secondary N) is 1. The summed E-state index contributed by atoms with van der Waals surface area (Å²) in [4.78, 5) is 18.5. The van der Waals surface area contributed by atoms with Gasteiger partial charge in [-0.1, -0.05) is 12.1 Å². The van der Waals surface area contributed by atoms with Crippen molar-refractivity contribution in [2.75, 3.05) is 6.79 Å². The molecule has 0 aliphatic carbocycles. The third kappa shape index (κ3) is 3.40. The van der Waals surface area contributed by atoms with Crippen molar-refractivity contribution in [3.63, 3.8) is 0 Å². The van der Waals surface area contributed by atoms with Gasteiger partial charge in [0.15, 0.2) is 11.5 Å². The van der Waals surface area contributed by atoms with E-state index >= 15 is 0 Å². The number of halogens is 1. The van der Waals surface area contributed by atoms with E-state index in [1.54, 1.807) is 12.1 Å². The third-order valence-electron chi connectivity index (χ3n) is 4.68. The summed E-state index contributed by atoms with van der Waals surface area (Å²) in [5.74, 6) is 0.649. The Hall–Kier alpha value is -3.45. The molecule has 7 heteroatoms. The molecule has 1 amide bonds. The SMILES string of the molecule is O=C(NCc1ccc2c(c1)OCO2)c1cc(-c2cccs2)nc2ccc(F)cc12. The highest BCUT2D eigenvalue weighted by Crippen LogP contribution is 2.32. The van der Waals surface area contributed by atoms with Gasteiger partial charge < -0.3 is 14.8 Å². The minimum absolute atomic E-state index is 0.200. The second-order valence-electron chi connectivity index (χ2n) is 6.56. The van der Waals surface area contributed by atoms with Gasteiger partial charge >= 0.3 is 0 Å². The molecular weight excluding hydrogens is 391 g/mol. The number of rotatable bonds is 4. The molecule has 0 radical (unpaired) electrons. The fraction of sp³-hybridized carbons (Fsp3) is 0.0909. The van der Waals surface area contributed by atoms with Crippen LogP contribution in [0.1, 0.15) is 15.9 Å². The highest BCUT2D eigenvalue weighted by atomic mass is 32.1. The van der Waals surface area contributed by atoms with Crippen molar-refractivity contribution in [3.05, 3.63) is 76.9 Å². The van der Waals surface area contributed by atoms with E-state index in [-0.39, 0.29) is 12.7 Å². The molecule has 0 bridgehead atoms. The van der Waals surface area contributed by atoms with Crippen LogP contribution in [0.25, 0.3) is 21.5 Å². The van der Waals surface area contributed by atoms with Crippen LogP contribution in [0.2, 0.25) is 0 Å². The average Bonchev–Trinajstić information content (AvgIpc) is 3.42. The maximum atomic E-state index is 13.8. The molecule has 0 fully saturated rings. The number of carbonyl (C=O) groups excluding carboxylic acids is 1. The van der Waals surface area contributed by atoms with Crippen molar-refractivity contribution in [2.45, 2.75) is 6.54 Å². The molecule has 1 aliphatic heterocycles. The summed E-state index contributed by atoms with van der Waals surface area (Å²) >= 11 is 1.54. The van der Waals surface area contributed by atoms with Gasteiger partial charge in [-0.2, -0.15) is 0 Å². The van der Waals surface area contributed by atoms with Crippen molar-refractivity contribution >= 4 is 28.1 Å². The molecular formula is C22H15FN2O3S. The van der Waals surface area contributed by atoms with E-state index in [0.717, 1.165) is 10.4 Å². The number of fused-ring (bicyclic) bond motifs is 2. The van der Waals surface area contributed by atoms with Crippen LogP contribution in [0.3, 0.4) is 0 Å². The van der Waals surface area contributed by atoms with Crippen LogP contribution in [0.4, 0.5) is 4.39 Å². The van der Waals surface area contributed by atoms with Gasteiger partial charge in [-0.15, -0.1) is 11.3 Å². The summed E-state index contributed by atoms with van der Waals surface area (Å²) in [6.07, 6.45) is 0. The van der Waals surface area contributed by atoms with Gasteiger partial charge in [0.2, 0.25) is 6.79 Å². The van der Waals surface area contributed by atoms with Crippen molar-refractivity contribution in [1.29, 1.82) is 0 Å². The number of aromatic nitrogens is 1. The van der Waals surface area contributed by atoms with E-state index in [1.165, 1.54) is 23.5 Å².